The van der Waals surface area contributed by atoms with E-state index in [0.717, 1.165) is 22.6 Å². The highest BCUT2D eigenvalue weighted by atomic mass is 35.5. The number of aliphatic hydroxyl groups is 1. The summed E-state index contributed by atoms with van der Waals surface area (Å²) in [4.78, 5) is 0. The standard InChI is InChI=1S/C17H18ClNO3/c18-14-6-4-12(5-7-14)15(20)11-19-10-13-2-1-3-16-17(13)22-9-8-21-16/h1-7,15,19-20H,8-11H2. The smallest absolute Gasteiger partial charge is 0.165 e. The molecule has 116 valence electrons. The van der Waals surface area contributed by atoms with Crippen LogP contribution in [-0.4, -0.2) is 24.9 Å². The zero-order valence-corrected chi connectivity index (χ0v) is 12.8. The Hall–Kier alpha value is -1.75. The molecule has 2 aromatic carbocycles. The second-order valence-corrected chi connectivity index (χ2v) is 5.58. The highest BCUT2D eigenvalue weighted by Gasteiger charge is 2.15. The maximum Gasteiger partial charge on any atom is 0.165 e. The van der Waals surface area contributed by atoms with E-state index in [1.165, 1.54) is 0 Å². The summed E-state index contributed by atoms with van der Waals surface area (Å²) < 4.78 is 11.2. The maximum absolute atomic E-state index is 10.2. The first-order valence-electron chi connectivity index (χ1n) is 7.26. The first-order chi connectivity index (χ1) is 10.7. The van der Waals surface area contributed by atoms with Crippen molar-refractivity contribution in [2.45, 2.75) is 12.6 Å². The molecule has 22 heavy (non-hydrogen) atoms. The summed E-state index contributed by atoms with van der Waals surface area (Å²) in [6, 6.07) is 13.1. The second-order valence-electron chi connectivity index (χ2n) is 5.14. The molecular weight excluding hydrogens is 302 g/mol. The molecule has 0 saturated heterocycles. The molecule has 0 fully saturated rings. The van der Waals surface area contributed by atoms with Crippen molar-refractivity contribution in [2.24, 2.45) is 0 Å². The molecule has 0 aliphatic carbocycles. The Morgan fingerprint density at radius 1 is 1.09 bits per heavy atom. The molecule has 0 saturated carbocycles. The van der Waals surface area contributed by atoms with E-state index in [9.17, 15) is 5.11 Å². The maximum atomic E-state index is 10.2. The fraction of sp³-hybridized carbons (Fsp3) is 0.294. The lowest BCUT2D eigenvalue weighted by atomic mass is 10.1. The number of ether oxygens (including phenoxy) is 2. The minimum atomic E-state index is -0.575. The largest absolute Gasteiger partial charge is 0.486 e. The van der Waals surface area contributed by atoms with Gasteiger partial charge in [0.15, 0.2) is 11.5 Å². The average Bonchev–Trinajstić information content (AvgIpc) is 2.55. The Bertz CT molecular complexity index is 630. The topological polar surface area (TPSA) is 50.7 Å². The number of aliphatic hydroxyl groups excluding tert-OH is 1. The van der Waals surface area contributed by atoms with Gasteiger partial charge >= 0.3 is 0 Å². The van der Waals surface area contributed by atoms with Gasteiger partial charge in [0.25, 0.3) is 0 Å². The van der Waals surface area contributed by atoms with Gasteiger partial charge in [0.1, 0.15) is 13.2 Å². The molecule has 2 N–H and O–H groups in total. The van der Waals surface area contributed by atoms with Crippen LogP contribution in [0.1, 0.15) is 17.2 Å². The number of hydrogen-bond donors (Lipinski definition) is 2. The van der Waals surface area contributed by atoms with Crippen LogP contribution < -0.4 is 14.8 Å². The van der Waals surface area contributed by atoms with Gasteiger partial charge in [-0.25, -0.2) is 0 Å². The van der Waals surface area contributed by atoms with Crippen molar-refractivity contribution < 1.29 is 14.6 Å². The number of hydrogen-bond acceptors (Lipinski definition) is 4. The highest BCUT2D eigenvalue weighted by molar-refractivity contribution is 6.30. The summed E-state index contributed by atoms with van der Waals surface area (Å²) in [6.45, 7) is 2.21. The van der Waals surface area contributed by atoms with Gasteiger partial charge in [0.2, 0.25) is 0 Å². The number of benzene rings is 2. The van der Waals surface area contributed by atoms with E-state index in [0.29, 0.717) is 31.3 Å². The zero-order valence-electron chi connectivity index (χ0n) is 12.1. The molecular formula is C17H18ClNO3. The van der Waals surface area contributed by atoms with Crippen molar-refractivity contribution in [1.82, 2.24) is 5.32 Å². The lowest BCUT2D eigenvalue weighted by Gasteiger charge is -2.21. The normalized spacial score (nSPS) is 14.6. The Morgan fingerprint density at radius 2 is 1.86 bits per heavy atom. The Balaban J connectivity index is 1.58. The van der Waals surface area contributed by atoms with Gasteiger partial charge in [-0.05, 0) is 23.8 Å². The van der Waals surface area contributed by atoms with E-state index in [-0.39, 0.29) is 0 Å². The van der Waals surface area contributed by atoms with Crippen LogP contribution in [0.15, 0.2) is 42.5 Å². The molecule has 0 amide bonds. The van der Waals surface area contributed by atoms with Crippen molar-refractivity contribution in [2.75, 3.05) is 19.8 Å². The van der Waals surface area contributed by atoms with E-state index in [1.807, 2.05) is 30.3 Å². The molecule has 0 radical (unpaired) electrons. The molecule has 1 unspecified atom stereocenters. The number of nitrogens with one attached hydrogen (secondary N) is 1. The number of fused-ring (bicyclic) bond motifs is 1. The monoisotopic (exact) mass is 319 g/mol. The summed E-state index contributed by atoms with van der Waals surface area (Å²) in [7, 11) is 0. The fourth-order valence-electron chi connectivity index (χ4n) is 2.42. The third-order valence-electron chi connectivity index (χ3n) is 3.56. The molecule has 5 heteroatoms. The van der Waals surface area contributed by atoms with Crippen molar-refractivity contribution in [1.29, 1.82) is 0 Å². The molecule has 1 heterocycles. The Kier molecular flexibility index (Phi) is 4.83. The van der Waals surface area contributed by atoms with Crippen LogP contribution in [0.3, 0.4) is 0 Å². The SMILES string of the molecule is OC(CNCc1cccc2c1OCCO2)c1ccc(Cl)cc1. The van der Waals surface area contributed by atoms with E-state index in [1.54, 1.807) is 12.1 Å². The third kappa shape index (κ3) is 3.53. The molecule has 1 atom stereocenters. The number of para-hydroxylation sites is 1. The van der Waals surface area contributed by atoms with Crippen LogP contribution in [0.5, 0.6) is 11.5 Å². The molecule has 4 nitrogen and oxygen atoms in total. The van der Waals surface area contributed by atoms with Gasteiger partial charge in [-0.1, -0.05) is 35.9 Å². The minimum absolute atomic E-state index is 0.451. The van der Waals surface area contributed by atoms with Crippen LogP contribution in [0.2, 0.25) is 5.02 Å². The lowest BCUT2D eigenvalue weighted by Crippen LogP contribution is -2.23. The number of halogens is 1. The van der Waals surface area contributed by atoms with Crippen LogP contribution in [-0.2, 0) is 6.54 Å². The molecule has 0 bridgehead atoms. The fourth-order valence-corrected chi connectivity index (χ4v) is 2.55. The molecule has 0 spiro atoms. The molecule has 1 aliphatic rings. The van der Waals surface area contributed by atoms with Gasteiger partial charge in [-0.3, -0.25) is 0 Å². The quantitative estimate of drug-likeness (QED) is 0.889. The average molecular weight is 320 g/mol. The summed E-state index contributed by atoms with van der Waals surface area (Å²) in [5.41, 5.74) is 1.87. The molecule has 0 aromatic heterocycles. The summed E-state index contributed by atoms with van der Waals surface area (Å²) in [5.74, 6) is 1.58. The number of rotatable bonds is 5. The van der Waals surface area contributed by atoms with Crippen molar-refractivity contribution in [3.05, 3.63) is 58.6 Å². The Labute approximate surface area is 134 Å². The summed E-state index contributed by atoms with van der Waals surface area (Å²) >= 11 is 5.85. The van der Waals surface area contributed by atoms with Crippen LogP contribution >= 0.6 is 11.6 Å². The molecule has 3 rings (SSSR count). The lowest BCUT2D eigenvalue weighted by molar-refractivity contribution is 0.166. The van der Waals surface area contributed by atoms with Gasteiger partial charge < -0.3 is 19.9 Å². The summed E-state index contributed by atoms with van der Waals surface area (Å²) in [6.07, 6.45) is -0.575. The van der Waals surface area contributed by atoms with Gasteiger partial charge in [-0.2, -0.15) is 0 Å². The van der Waals surface area contributed by atoms with E-state index >= 15 is 0 Å². The predicted molar refractivity (Wildman–Crippen MR) is 85.6 cm³/mol. The van der Waals surface area contributed by atoms with Crippen molar-refractivity contribution in [3.8, 4) is 11.5 Å². The van der Waals surface area contributed by atoms with E-state index in [4.69, 9.17) is 21.1 Å². The third-order valence-corrected chi connectivity index (χ3v) is 3.81. The summed E-state index contributed by atoms with van der Waals surface area (Å²) in [5, 5.41) is 14.1. The van der Waals surface area contributed by atoms with Crippen LogP contribution in [0, 0.1) is 0 Å². The second kappa shape index (κ2) is 7.01. The molecule has 1 aliphatic heterocycles. The Morgan fingerprint density at radius 3 is 2.68 bits per heavy atom. The first-order valence-corrected chi connectivity index (χ1v) is 7.63. The van der Waals surface area contributed by atoms with Gasteiger partial charge in [0, 0.05) is 23.7 Å². The molecule has 2 aromatic rings. The van der Waals surface area contributed by atoms with E-state index < -0.39 is 6.10 Å². The van der Waals surface area contributed by atoms with Gasteiger partial charge in [0.05, 0.1) is 6.10 Å². The highest BCUT2D eigenvalue weighted by Crippen LogP contribution is 2.33. The predicted octanol–water partition coefficient (Wildman–Crippen LogP) is 2.93. The van der Waals surface area contributed by atoms with Gasteiger partial charge in [-0.15, -0.1) is 0 Å². The minimum Gasteiger partial charge on any atom is -0.486 e. The first kappa shape index (κ1) is 15.2. The van der Waals surface area contributed by atoms with Crippen LogP contribution in [0.25, 0.3) is 0 Å². The van der Waals surface area contributed by atoms with Crippen molar-refractivity contribution in [3.63, 3.8) is 0 Å². The van der Waals surface area contributed by atoms with E-state index in [2.05, 4.69) is 5.32 Å². The van der Waals surface area contributed by atoms with Crippen molar-refractivity contribution >= 4 is 11.6 Å². The van der Waals surface area contributed by atoms with Crippen LogP contribution in [0.4, 0.5) is 0 Å². The zero-order chi connectivity index (χ0) is 15.4.